The Balaban J connectivity index is 1.25. The van der Waals surface area contributed by atoms with Gasteiger partial charge in [0, 0.05) is 48.8 Å². The molecule has 0 amide bonds. The first kappa shape index (κ1) is 26.3. The van der Waals surface area contributed by atoms with Gasteiger partial charge in [-0.3, -0.25) is 4.57 Å². The molecular formula is C43H24N4O2. The number of rotatable bonds is 3. The van der Waals surface area contributed by atoms with Crippen LogP contribution >= 0.6 is 0 Å². The summed E-state index contributed by atoms with van der Waals surface area (Å²) >= 11 is 0. The third kappa shape index (κ3) is 3.74. The van der Waals surface area contributed by atoms with Crippen molar-refractivity contribution in [2.45, 2.75) is 0 Å². The molecule has 4 aromatic heterocycles. The van der Waals surface area contributed by atoms with Crippen LogP contribution in [0.3, 0.4) is 0 Å². The van der Waals surface area contributed by atoms with Crippen molar-refractivity contribution in [3.8, 4) is 28.7 Å². The molecule has 0 radical (unpaired) electrons. The van der Waals surface area contributed by atoms with Crippen LogP contribution in [0.4, 0.5) is 0 Å². The quantitative estimate of drug-likeness (QED) is 0.195. The Morgan fingerprint density at radius 1 is 0.367 bits per heavy atom. The van der Waals surface area contributed by atoms with Crippen molar-refractivity contribution in [3.05, 3.63) is 146 Å². The molecule has 7 aromatic carbocycles. The molecular weight excluding hydrogens is 604 g/mol. The number of hydrogen-bond acceptors (Lipinski definition) is 5. The van der Waals surface area contributed by atoms with E-state index in [-0.39, 0.29) is 0 Å². The Morgan fingerprint density at radius 2 is 0.898 bits per heavy atom. The summed E-state index contributed by atoms with van der Waals surface area (Å²) in [4.78, 5) is 15.8. The third-order valence-corrected chi connectivity index (χ3v) is 9.69. The average Bonchev–Trinajstić information content (AvgIpc) is 3.84. The maximum atomic E-state index is 6.44. The summed E-state index contributed by atoms with van der Waals surface area (Å²) in [7, 11) is 0. The molecule has 228 valence electrons. The molecule has 0 bridgehead atoms. The predicted molar refractivity (Wildman–Crippen MR) is 197 cm³/mol. The summed E-state index contributed by atoms with van der Waals surface area (Å²) in [5.41, 5.74) is 7.17. The highest BCUT2D eigenvalue weighted by molar-refractivity contribution is 6.17. The van der Waals surface area contributed by atoms with Gasteiger partial charge in [-0.25, -0.2) is 4.98 Å². The number of aromatic nitrogens is 4. The van der Waals surface area contributed by atoms with Gasteiger partial charge in [0.25, 0.3) is 0 Å². The molecule has 0 saturated heterocycles. The van der Waals surface area contributed by atoms with E-state index < -0.39 is 0 Å². The van der Waals surface area contributed by atoms with Crippen LogP contribution in [0.15, 0.2) is 154 Å². The maximum Gasteiger partial charge on any atom is 0.238 e. The van der Waals surface area contributed by atoms with Crippen LogP contribution in [-0.2, 0) is 0 Å². The van der Waals surface area contributed by atoms with Crippen molar-refractivity contribution in [1.29, 1.82) is 0 Å². The highest BCUT2D eigenvalue weighted by atomic mass is 16.3. The lowest BCUT2D eigenvalue weighted by molar-refractivity contribution is 0.669. The second-order valence-corrected chi connectivity index (χ2v) is 12.4. The Bertz CT molecular complexity index is 3080. The fraction of sp³-hybridized carbons (Fsp3) is 0. The molecule has 11 aromatic rings. The maximum absolute atomic E-state index is 6.44. The minimum Gasteiger partial charge on any atom is -0.456 e. The number of para-hydroxylation sites is 4. The van der Waals surface area contributed by atoms with Gasteiger partial charge in [-0.1, -0.05) is 109 Å². The summed E-state index contributed by atoms with van der Waals surface area (Å²) in [5, 5.41) is 8.48. The molecule has 0 saturated carbocycles. The van der Waals surface area contributed by atoms with Gasteiger partial charge >= 0.3 is 0 Å². The van der Waals surface area contributed by atoms with Gasteiger partial charge in [-0.05, 0) is 41.8 Å². The number of nitrogens with zero attached hydrogens (tertiary/aromatic N) is 4. The molecule has 0 aliphatic heterocycles. The zero-order valence-electron chi connectivity index (χ0n) is 26.0. The smallest absolute Gasteiger partial charge is 0.238 e. The van der Waals surface area contributed by atoms with Crippen molar-refractivity contribution < 1.29 is 8.83 Å². The molecule has 11 rings (SSSR count). The van der Waals surface area contributed by atoms with Gasteiger partial charge in [0.2, 0.25) is 5.95 Å². The monoisotopic (exact) mass is 628 g/mol. The van der Waals surface area contributed by atoms with E-state index in [1.807, 2.05) is 48.5 Å². The minimum atomic E-state index is 0.545. The summed E-state index contributed by atoms with van der Waals surface area (Å²) < 4.78 is 14.9. The second kappa shape index (κ2) is 9.86. The van der Waals surface area contributed by atoms with E-state index in [0.29, 0.717) is 17.6 Å². The summed E-state index contributed by atoms with van der Waals surface area (Å²) in [6, 6.07) is 49.7. The molecule has 0 spiro atoms. The van der Waals surface area contributed by atoms with Gasteiger partial charge in [0.15, 0.2) is 11.6 Å². The summed E-state index contributed by atoms with van der Waals surface area (Å²) in [6.07, 6.45) is 0. The fourth-order valence-corrected chi connectivity index (χ4v) is 7.54. The lowest BCUT2D eigenvalue weighted by Gasteiger charge is -2.12. The number of hydrogen-bond donors (Lipinski definition) is 0. The van der Waals surface area contributed by atoms with E-state index in [2.05, 4.69) is 102 Å². The van der Waals surface area contributed by atoms with Crippen LogP contribution in [0.5, 0.6) is 0 Å². The second-order valence-electron chi connectivity index (χ2n) is 12.4. The zero-order valence-corrected chi connectivity index (χ0v) is 26.0. The van der Waals surface area contributed by atoms with Gasteiger partial charge in [-0.15, -0.1) is 0 Å². The molecule has 0 fully saturated rings. The first-order valence-electron chi connectivity index (χ1n) is 16.3. The van der Waals surface area contributed by atoms with Gasteiger partial charge in [-0.2, -0.15) is 9.97 Å². The van der Waals surface area contributed by atoms with Crippen LogP contribution < -0.4 is 0 Å². The van der Waals surface area contributed by atoms with Crippen molar-refractivity contribution in [3.63, 3.8) is 0 Å². The molecule has 6 nitrogen and oxygen atoms in total. The first-order chi connectivity index (χ1) is 24.3. The molecule has 0 aliphatic carbocycles. The molecule has 0 unspecified atom stereocenters. The van der Waals surface area contributed by atoms with Crippen LogP contribution in [0, 0.1) is 0 Å². The Labute approximate surface area is 278 Å². The summed E-state index contributed by atoms with van der Waals surface area (Å²) in [5.74, 6) is 1.69. The standard InChI is InChI=1S/C43H24N4O2/c1-5-18-34-26(11-1)27-12-2-6-19-35(27)47(34)43-45-41(44-42(46-43)33-17-10-22-38-39(33)32-14-4-8-21-37(32)48-38)31-16-9-15-29-25(31)23-24-30-28-13-3-7-20-36(28)49-40(29)30/h1-24H. The summed E-state index contributed by atoms with van der Waals surface area (Å²) in [6.45, 7) is 0. The normalized spacial score (nSPS) is 12.1. The van der Waals surface area contributed by atoms with Crippen LogP contribution in [0.1, 0.15) is 0 Å². The number of fused-ring (bicyclic) bond motifs is 11. The molecule has 0 aliphatic rings. The lowest BCUT2D eigenvalue weighted by atomic mass is 10.0. The first-order valence-corrected chi connectivity index (χ1v) is 16.3. The van der Waals surface area contributed by atoms with Crippen LogP contribution in [0.2, 0.25) is 0 Å². The van der Waals surface area contributed by atoms with Gasteiger partial charge in [0.05, 0.1) is 11.0 Å². The lowest BCUT2D eigenvalue weighted by Crippen LogP contribution is -2.06. The van der Waals surface area contributed by atoms with E-state index in [1.54, 1.807) is 0 Å². The number of benzene rings is 7. The molecule has 49 heavy (non-hydrogen) atoms. The van der Waals surface area contributed by atoms with Crippen molar-refractivity contribution in [1.82, 2.24) is 19.5 Å². The van der Waals surface area contributed by atoms with Crippen molar-refractivity contribution in [2.75, 3.05) is 0 Å². The van der Waals surface area contributed by atoms with E-state index in [4.69, 9.17) is 23.8 Å². The minimum absolute atomic E-state index is 0.545. The van der Waals surface area contributed by atoms with Gasteiger partial charge < -0.3 is 8.83 Å². The Hall–Kier alpha value is -6.79. The fourth-order valence-electron chi connectivity index (χ4n) is 7.54. The average molecular weight is 629 g/mol. The zero-order chi connectivity index (χ0) is 32.1. The van der Waals surface area contributed by atoms with Crippen LogP contribution in [0.25, 0.3) is 105 Å². The van der Waals surface area contributed by atoms with Crippen LogP contribution in [-0.4, -0.2) is 19.5 Å². The highest BCUT2D eigenvalue weighted by Gasteiger charge is 2.21. The van der Waals surface area contributed by atoms with E-state index in [1.165, 1.54) is 0 Å². The Morgan fingerprint density at radius 3 is 1.67 bits per heavy atom. The molecule has 6 heteroatoms. The van der Waals surface area contributed by atoms with Crippen molar-refractivity contribution >= 4 is 76.5 Å². The topological polar surface area (TPSA) is 69.9 Å². The SMILES string of the molecule is c1ccc2c(c1)oc1c3cccc(-c4nc(-c5cccc6oc7ccccc7c56)nc(-n5c6ccccc6c6ccccc65)n4)c3ccc21. The van der Waals surface area contributed by atoms with Gasteiger partial charge in [0.1, 0.15) is 22.3 Å². The van der Waals surface area contributed by atoms with Crippen molar-refractivity contribution in [2.24, 2.45) is 0 Å². The molecule has 0 N–H and O–H groups in total. The highest BCUT2D eigenvalue weighted by Crippen LogP contribution is 2.40. The molecule has 4 heterocycles. The molecule has 0 atom stereocenters. The van der Waals surface area contributed by atoms with E-state index >= 15 is 0 Å². The largest absolute Gasteiger partial charge is 0.456 e. The third-order valence-electron chi connectivity index (χ3n) is 9.69. The predicted octanol–water partition coefficient (Wildman–Crippen LogP) is 11.3. The van der Waals surface area contributed by atoms with E-state index in [0.717, 1.165) is 87.6 Å². The number of furan rings is 2. The van der Waals surface area contributed by atoms with E-state index in [9.17, 15) is 0 Å². The Kier molecular flexibility index (Phi) is 5.29.